The number of rotatable bonds is 2. The fourth-order valence-electron chi connectivity index (χ4n) is 2.02. The predicted molar refractivity (Wildman–Crippen MR) is 67.5 cm³/mol. The summed E-state index contributed by atoms with van der Waals surface area (Å²) in [5.41, 5.74) is 3.74. The van der Waals surface area contributed by atoms with Gasteiger partial charge in [0.2, 0.25) is 5.91 Å². The van der Waals surface area contributed by atoms with Gasteiger partial charge in [-0.25, -0.2) is 0 Å². The maximum Gasteiger partial charge on any atom is 0.227 e. The van der Waals surface area contributed by atoms with Gasteiger partial charge in [-0.2, -0.15) is 0 Å². The van der Waals surface area contributed by atoms with Crippen LogP contribution in [0.15, 0.2) is 35.7 Å². The first-order valence-electron chi connectivity index (χ1n) is 5.98. The summed E-state index contributed by atoms with van der Waals surface area (Å²) in [6.45, 7) is 5.89. The quantitative estimate of drug-likeness (QED) is 0.730. The van der Waals surface area contributed by atoms with Gasteiger partial charge in [-0.15, -0.1) is 0 Å². The molecular formula is C14H18N2O. The molecule has 1 aliphatic heterocycles. The molecule has 0 N–H and O–H groups in total. The van der Waals surface area contributed by atoms with Crippen LogP contribution in [0, 0.1) is 0 Å². The summed E-state index contributed by atoms with van der Waals surface area (Å²) in [6, 6.07) is 3.82. The van der Waals surface area contributed by atoms with Crippen molar-refractivity contribution in [3.8, 4) is 0 Å². The summed E-state index contributed by atoms with van der Waals surface area (Å²) in [7, 11) is 0. The third-order valence-electron chi connectivity index (χ3n) is 3.34. The Morgan fingerprint density at radius 1 is 1.41 bits per heavy atom. The highest BCUT2D eigenvalue weighted by atomic mass is 16.2. The van der Waals surface area contributed by atoms with E-state index in [1.807, 2.05) is 17.0 Å². The van der Waals surface area contributed by atoms with E-state index in [0.29, 0.717) is 6.42 Å². The second-order valence-corrected chi connectivity index (χ2v) is 4.66. The number of nitrogens with zero attached hydrogens (tertiary/aromatic N) is 2. The molecule has 3 nitrogen and oxygen atoms in total. The minimum atomic E-state index is 0.199. The smallest absolute Gasteiger partial charge is 0.227 e. The number of hydrogen-bond acceptors (Lipinski definition) is 2. The van der Waals surface area contributed by atoms with Gasteiger partial charge >= 0.3 is 0 Å². The third kappa shape index (κ3) is 2.93. The average molecular weight is 230 g/mol. The highest BCUT2D eigenvalue weighted by molar-refractivity contribution is 5.79. The van der Waals surface area contributed by atoms with E-state index in [1.165, 1.54) is 11.1 Å². The van der Waals surface area contributed by atoms with Crippen LogP contribution in [0.25, 0.3) is 0 Å². The Kier molecular flexibility index (Phi) is 3.57. The molecule has 0 aromatic carbocycles. The van der Waals surface area contributed by atoms with E-state index in [9.17, 15) is 4.79 Å². The molecule has 17 heavy (non-hydrogen) atoms. The van der Waals surface area contributed by atoms with E-state index in [0.717, 1.165) is 25.1 Å². The van der Waals surface area contributed by atoms with E-state index in [2.05, 4.69) is 18.8 Å². The van der Waals surface area contributed by atoms with Crippen LogP contribution in [-0.4, -0.2) is 28.9 Å². The van der Waals surface area contributed by atoms with Gasteiger partial charge in [0.05, 0.1) is 6.42 Å². The van der Waals surface area contributed by atoms with E-state index in [1.54, 1.807) is 12.4 Å². The molecule has 2 heterocycles. The number of carbonyl (C=O) groups is 1. The van der Waals surface area contributed by atoms with Gasteiger partial charge < -0.3 is 4.90 Å². The molecule has 0 saturated carbocycles. The Morgan fingerprint density at radius 3 is 2.88 bits per heavy atom. The van der Waals surface area contributed by atoms with Crippen LogP contribution in [0.4, 0.5) is 0 Å². The van der Waals surface area contributed by atoms with Crippen LogP contribution in [0.1, 0.15) is 25.8 Å². The lowest BCUT2D eigenvalue weighted by Crippen LogP contribution is -2.37. The fraction of sp³-hybridized carbons (Fsp3) is 0.429. The van der Waals surface area contributed by atoms with Crippen LogP contribution in [0.5, 0.6) is 0 Å². The zero-order valence-electron chi connectivity index (χ0n) is 10.4. The molecule has 0 radical (unpaired) electrons. The maximum absolute atomic E-state index is 12.1. The Morgan fingerprint density at radius 2 is 2.24 bits per heavy atom. The van der Waals surface area contributed by atoms with Crippen molar-refractivity contribution in [3.05, 3.63) is 41.2 Å². The zero-order valence-corrected chi connectivity index (χ0v) is 10.4. The lowest BCUT2D eigenvalue weighted by atomic mass is 10.0. The lowest BCUT2D eigenvalue weighted by molar-refractivity contribution is -0.130. The summed E-state index contributed by atoms with van der Waals surface area (Å²) in [5.74, 6) is 0.199. The molecule has 0 bridgehead atoms. The molecular weight excluding hydrogens is 212 g/mol. The van der Waals surface area contributed by atoms with E-state index < -0.39 is 0 Å². The first kappa shape index (κ1) is 11.8. The van der Waals surface area contributed by atoms with E-state index in [-0.39, 0.29) is 5.91 Å². The number of hydrogen-bond donors (Lipinski definition) is 0. The first-order valence-corrected chi connectivity index (χ1v) is 5.98. The normalized spacial score (nSPS) is 16.2. The average Bonchev–Trinajstić information content (AvgIpc) is 2.34. The topological polar surface area (TPSA) is 33.2 Å². The molecule has 0 fully saturated rings. The number of amides is 1. The van der Waals surface area contributed by atoms with Crippen molar-refractivity contribution < 1.29 is 4.79 Å². The third-order valence-corrected chi connectivity index (χ3v) is 3.34. The largest absolute Gasteiger partial charge is 0.338 e. The van der Waals surface area contributed by atoms with E-state index >= 15 is 0 Å². The predicted octanol–water partition coefficient (Wildman–Crippen LogP) is 2.19. The molecule has 0 saturated heterocycles. The molecule has 1 aromatic heterocycles. The molecule has 1 amide bonds. The van der Waals surface area contributed by atoms with Crippen molar-refractivity contribution in [3.63, 3.8) is 0 Å². The molecule has 0 atom stereocenters. The van der Waals surface area contributed by atoms with Crippen molar-refractivity contribution in [2.24, 2.45) is 0 Å². The van der Waals surface area contributed by atoms with Gasteiger partial charge in [-0.05, 0) is 31.9 Å². The highest BCUT2D eigenvalue weighted by Gasteiger charge is 2.18. The van der Waals surface area contributed by atoms with Crippen LogP contribution < -0.4 is 0 Å². The Hall–Kier alpha value is -1.64. The molecule has 90 valence electrons. The van der Waals surface area contributed by atoms with Gasteiger partial charge in [0.1, 0.15) is 0 Å². The number of carbonyl (C=O) groups excluding carboxylic acids is 1. The monoisotopic (exact) mass is 230 g/mol. The summed E-state index contributed by atoms with van der Waals surface area (Å²) >= 11 is 0. The van der Waals surface area contributed by atoms with Crippen molar-refractivity contribution in [2.45, 2.75) is 26.7 Å². The minimum absolute atomic E-state index is 0.199. The van der Waals surface area contributed by atoms with Crippen molar-refractivity contribution >= 4 is 5.91 Å². The number of pyridine rings is 1. The van der Waals surface area contributed by atoms with Crippen LogP contribution in [0.3, 0.4) is 0 Å². The summed E-state index contributed by atoms with van der Waals surface area (Å²) < 4.78 is 0. The molecule has 0 spiro atoms. The van der Waals surface area contributed by atoms with Crippen LogP contribution in [0.2, 0.25) is 0 Å². The van der Waals surface area contributed by atoms with E-state index in [4.69, 9.17) is 0 Å². The molecule has 0 unspecified atom stereocenters. The van der Waals surface area contributed by atoms with Crippen molar-refractivity contribution in [2.75, 3.05) is 13.1 Å². The molecule has 1 aliphatic rings. The lowest BCUT2D eigenvalue weighted by Gasteiger charge is -2.28. The standard InChI is InChI=1S/C14H18N2O/c1-11-5-7-16(10-12(11)2)14(17)8-13-4-3-6-15-9-13/h3-4,6,9H,5,7-8,10H2,1-2H3. The zero-order chi connectivity index (χ0) is 12.3. The SMILES string of the molecule is CC1=C(C)CN(C(=O)Cc2cccnc2)CC1. The van der Waals surface area contributed by atoms with Gasteiger partial charge in [-0.1, -0.05) is 17.2 Å². The highest BCUT2D eigenvalue weighted by Crippen LogP contribution is 2.17. The van der Waals surface area contributed by atoms with Crippen LogP contribution >= 0.6 is 0 Å². The molecule has 1 aromatic rings. The Bertz CT molecular complexity index is 437. The molecule has 0 aliphatic carbocycles. The maximum atomic E-state index is 12.1. The van der Waals surface area contributed by atoms with Crippen LogP contribution in [-0.2, 0) is 11.2 Å². The van der Waals surface area contributed by atoms with Gasteiger partial charge in [0, 0.05) is 25.5 Å². The second-order valence-electron chi connectivity index (χ2n) is 4.66. The summed E-state index contributed by atoms with van der Waals surface area (Å²) in [6.07, 6.45) is 4.95. The fourth-order valence-corrected chi connectivity index (χ4v) is 2.02. The number of aromatic nitrogens is 1. The van der Waals surface area contributed by atoms with Gasteiger partial charge in [0.15, 0.2) is 0 Å². The van der Waals surface area contributed by atoms with Crippen molar-refractivity contribution in [1.82, 2.24) is 9.88 Å². The Labute approximate surface area is 102 Å². The summed E-state index contributed by atoms with van der Waals surface area (Å²) in [5, 5.41) is 0. The van der Waals surface area contributed by atoms with Crippen molar-refractivity contribution in [1.29, 1.82) is 0 Å². The molecule has 3 heteroatoms. The first-order chi connectivity index (χ1) is 8.16. The Balaban J connectivity index is 1.98. The summed E-state index contributed by atoms with van der Waals surface area (Å²) in [4.78, 5) is 18.1. The minimum Gasteiger partial charge on any atom is -0.338 e. The van der Waals surface area contributed by atoms with Gasteiger partial charge in [-0.3, -0.25) is 9.78 Å². The van der Waals surface area contributed by atoms with Gasteiger partial charge in [0.25, 0.3) is 0 Å². The second kappa shape index (κ2) is 5.13. The molecule has 2 rings (SSSR count).